The van der Waals surface area contributed by atoms with E-state index in [0.717, 1.165) is 11.1 Å². The quantitative estimate of drug-likeness (QED) is 0.349. The molecule has 2 atom stereocenters. The number of hydrogen-bond donors (Lipinski definition) is 1. The first-order valence-electron chi connectivity index (χ1n) is 13.4. The van der Waals surface area contributed by atoms with Crippen molar-refractivity contribution in [3.8, 4) is 17.0 Å². The van der Waals surface area contributed by atoms with Crippen LogP contribution in [0.2, 0.25) is 0 Å². The lowest BCUT2D eigenvalue weighted by molar-refractivity contribution is -0.107. The first kappa shape index (κ1) is 29.3. The van der Waals surface area contributed by atoms with Gasteiger partial charge in [-0.2, -0.15) is 5.10 Å². The number of aromatic nitrogens is 6. The summed E-state index contributed by atoms with van der Waals surface area (Å²) in [6.45, 7) is 7.23. The third-order valence-corrected chi connectivity index (χ3v) is 6.97. The highest BCUT2D eigenvalue weighted by Gasteiger charge is 2.49. The zero-order chi connectivity index (χ0) is 30.4. The molecule has 224 valence electrons. The molecule has 0 radical (unpaired) electrons. The minimum Gasteiger partial charge on any atom is -0.488 e. The topological polar surface area (TPSA) is 120 Å². The smallest absolute Gasteiger partial charge is 0.410 e. The number of carbonyl (C=O) groups excluding carboxylic acids is 1. The minimum atomic E-state index is -3.29. The van der Waals surface area contributed by atoms with Gasteiger partial charge in [-0.3, -0.25) is 4.98 Å². The fourth-order valence-corrected chi connectivity index (χ4v) is 4.84. The molecule has 0 aromatic carbocycles. The summed E-state index contributed by atoms with van der Waals surface area (Å²) in [7, 11) is 0. The van der Waals surface area contributed by atoms with Crippen molar-refractivity contribution >= 4 is 11.6 Å². The Hall–Kier alpha value is -4.20. The van der Waals surface area contributed by atoms with Crippen molar-refractivity contribution in [2.45, 2.75) is 64.2 Å². The van der Waals surface area contributed by atoms with Gasteiger partial charge in [-0.1, -0.05) is 5.21 Å². The number of ether oxygens (including phenoxy) is 2. The number of carbonyl (C=O) groups is 1. The van der Waals surface area contributed by atoms with E-state index in [0.29, 0.717) is 28.2 Å². The van der Waals surface area contributed by atoms with Crippen LogP contribution < -0.4 is 4.74 Å². The van der Waals surface area contributed by atoms with E-state index < -0.39 is 41.6 Å². The molecule has 1 amide bonds. The van der Waals surface area contributed by atoms with Gasteiger partial charge in [0.05, 0.1) is 30.3 Å². The third-order valence-electron chi connectivity index (χ3n) is 6.97. The zero-order valence-corrected chi connectivity index (χ0v) is 23.9. The van der Waals surface area contributed by atoms with Crippen LogP contribution in [-0.4, -0.2) is 76.9 Å². The summed E-state index contributed by atoms with van der Waals surface area (Å²) in [6, 6.07) is 4.63. The lowest BCUT2D eigenvalue weighted by Gasteiger charge is -2.38. The lowest BCUT2D eigenvalue weighted by Crippen LogP contribution is -2.52. The van der Waals surface area contributed by atoms with Gasteiger partial charge in [0.1, 0.15) is 46.6 Å². The molecular formula is C28H32F3N7O4. The molecule has 1 aliphatic rings. The number of halogens is 3. The molecular weight excluding hydrogens is 555 g/mol. The number of aliphatic hydroxyl groups is 1. The number of nitrogens with zero attached hydrogens (tertiary/aromatic N) is 7. The molecule has 5 heterocycles. The maximum absolute atomic E-state index is 15.4. The van der Waals surface area contributed by atoms with Crippen molar-refractivity contribution in [3.63, 3.8) is 0 Å². The SMILES string of the molecule is Cc1c(-c2cc(OCC(C)(O)c3ccc(F)cn3)c3ccnn3c2)nnn1[C@@H]1CCN(C(=O)OC(C)(C)C)CC1(F)F. The fourth-order valence-electron chi connectivity index (χ4n) is 4.84. The molecule has 4 aromatic heterocycles. The van der Waals surface area contributed by atoms with Gasteiger partial charge >= 0.3 is 6.09 Å². The molecule has 0 saturated carbocycles. The second-order valence-corrected chi connectivity index (χ2v) is 11.6. The molecule has 0 aliphatic carbocycles. The Kier molecular flexibility index (Phi) is 7.37. The summed E-state index contributed by atoms with van der Waals surface area (Å²) < 4.78 is 58.1. The molecule has 4 aromatic rings. The van der Waals surface area contributed by atoms with Crippen molar-refractivity contribution in [1.29, 1.82) is 0 Å². The molecule has 1 N–H and O–H groups in total. The highest BCUT2D eigenvalue weighted by Crippen LogP contribution is 2.39. The minimum absolute atomic E-state index is 0.0467. The highest BCUT2D eigenvalue weighted by atomic mass is 19.3. The summed E-state index contributed by atoms with van der Waals surface area (Å²) in [5, 5.41) is 23.5. The normalized spacial score (nSPS) is 18.6. The predicted molar refractivity (Wildman–Crippen MR) is 145 cm³/mol. The Morgan fingerprint density at radius 3 is 2.64 bits per heavy atom. The van der Waals surface area contributed by atoms with Crippen molar-refractivity contribution in [2.24, 2.45) is 0 Å². The number of amides is 1. The van der Waals surface area contributed by atoms with E-state index in [4.69, 9.17) is 9.47 Å². The van der Waals surface area contributed by atoms with Crippen LogP contribution in [0.5, 0.6) is 5.75 Å². The van der Waals surface area contributed by atoms with Crippen LogP contribution >= 0.6 is 0 Å². The molecule has 42 heavy (non-hydrogen) atoms. The van der Waals surface area contributed by atoms with E-state index >= 15 is 8.78 Å². The van der Waals surface area contributed by atoms with Gasteiger partial charge in [0, 0.05) is 18.3 Å². The number of fused-ring (bicyclic) bond motifs is 1. The third kappa shape index (κ3) is 5.89. The average molecular weight is 588 g/mol. The van der Waals surface area contributed by atoms with E-state index in [1.54, 1.807) is 56.7 Å². The largest absolute Gasteiger partial charge is 0.488 e. The van der Waals surface area contributed by atoms with E-state index in [-0.39, 0.29) is 25.3 Å². The molecule has 14 heteroatoms. The monoisotopic (exact) mass is 587 g/mol. The Morgan fingerprint density at radius 2 is 1.98 bits per heavy atom. The molecule has 0 spiro atoms. The summed E-state index contributed by atoms with van der Waals surface area (Å²) >= 11 is 0. The maximum atomic E-state index is 15.4. The van der Waals surface area contributed by atoms with Crippen LogP contribution in [0, 0.1) is 12.7 Å². The van der Waals surface area contributed by atoms with Crippen molar-refractivity contribution in [1.82, 2.24) is 34.5 Å². The van der Waals surface area contributed by atoms with Gasteiger partial charge in [-0.25, -0.2) is 27.2 Å². The number of hydrogen-bond acceptors (Lipinski definition) is 8. The van der Waals surface area contributed by atoms with E-state index in [1.165, 1.54) is 23.7 Å². The Morgan fingerprint density at radius 1 is 1.21 bits per heavy atom. The number of likely N-dealkylation sites (tertiary alicyclic amines) is 1. The first-order chi connectivity index (χ1) is 19.6. The van der Waals surface area contributed by atoms with Gasteiger partial charge < -0.3 is 19.5 Å². The molecule has 1 fully saturated rings. The van der Waals surface area contributed by atoms with Crippen molar-refractivity contribution in [2.75, 3.05) is 19.7 Å². The summed E-state index contributed by atoms with van der Waals surface area (Å²) in [6.07, 6.45) is 3.41. The van der Waals surface area contributed by atoms with Crippen LogP contribution in [0.3, 0.4) is 0 Å². The summed E-state index contributed by atoms with van der Waals surface area (Å²) in [5.74, 6) is -3.47. The van der Waals surface area contributed by atoms with Crippen LogP contribution in [0.1, 0.15) is 51.5 Å². The second-order valence-electron chi connectivity index (χ2n) is 11.6. The average Bonchev–Trinajstić information content (AvgIpc) is 3.52. The van der Waals surface area contributed by atoms with Crippen molar-refractivity contribution in [3.05, 3.63) is 60.1 Å². The number of pyridine rings is 2. The highest BCUT2D eigenvalue weighted by molar-refractivity contribution is 5.70. The Balaban J connectivity index is 1.39. The van der Waals surface area contributed by atoms with Crippen LogP contribution in [-0.2, 0) is 10.3 Å². The number of alkyl halides is 2. The second kappa shape index (κ2) is 10.6. The predicted octanol–water partition coefficient (Wildman–Crippen LogP) is 4.54. The number of piperidine rings is 1. The molecule has 5 rings (SSSR count). The molecule has 0 bridgehead atoms. The fraction of sp³-hybridized carbons (Fsp3) is 0.464. The Labute approximate surface area is 239 Å². The first-order valence-corrected chi connectivity index (χ1v) is 13.4. The van der Waals surface area contributed by atoms with E-state index in [2.05, 4.69) is 20.4 Å². The molecule has 11 nitrogen and oxygen atoms in total. The number of rotatable bonds is 6. The standard InChI is InChI=1S/C28H32F3N7O4/c1-17-24(34-35-38(17)23-9-11-36(15-28(23,30)31)25(39)42-26(2,3)4)18-12-21(20-8-10-33-37(20)14-18)41-16-27(5,40)22-7-6-19(29)13-32-22/h6-8,10,12-14,23,40H,9,11,15-16H2,1-5H3/t23-,27?/m1/s1. The van der Waals surface area contributed by atoms with Gasteiger partial charge in [-0.05, 0) is 65.3 Å². The van der Waals surface area contributed by atoms with Crippen LogP contribution in [0.15, 0.2) is 42.9 Å². The maximum Gasteiger partial charge on any atom is 0.410 e. The van der Waals surface area contributed by atoms with Crippen molar-refractivity contribution < 1.29 is 32.5 Å². The van der Waals surface area contributed by atoms with E-state index in [9.17, 15) is 14.3 Å². The Bertz CT molecular complexity index is 1600. The van der Waals surface area contributed by atoms with Crippen LogP contribution in [0.4, 0.5) is 18.0 Å². The molecule has 1 aliphatic heterocycles. The molecule has 1 saturated heterocycles. The van der Waals surface area contributed by atoms with Gasteiger partial charge in [0.25, 0.3) is 5.92 Å². The van der Waals surface area contributed by atoms with Gasteiger partial charge in [0.2, 0.25) is 0 Å². The summed E-state index contributed by atoms with van der Waals surface area (Å²) in [5.41, 5.74) is -0.292. The van der Waals surface area contributed by atoms with E-state index in [1.807, 2.05) is 0 Å². The zero-order valence-electron chi connectivity index (χ0n) is 23.9. The lowest BCUT2D eigenvalue weighted by atomic mass is 10.0. The summed E-state index contributed by atoms with van der Waals surface area (Å²) in [4.78, 5) is 17.4. The molecule has 1 unspecified atom stereocenters. The van der Waals surface area contributed by atoms with Gasteiger partial charge in [-0.15, -0.1) is 5.10 Å². The van der Waals surface area contributed by atoms with Crippen LogP contribution in [0.25, 0.3) is 16.8 Å². The van der Waals surface area contributed by atoms with Gasteiger partial charge in [0.15, 0.2) is 0 Å².